The molecule has 0 radical (unpaired) electrons. The van der Waals surface area contributed by atoms with E-state index in [1.54, 1.807) is 11.9 Å². The number of hydrogen-bond donors (Lipinski definition) is 0. The number of benzene rings is 2. The zero-order valence-corrected chi connectivity index (χ0v) is 15.3. The van der Waals surface area contributed by atoms with Crippen LogP contribution in [-0.2, 0) is 13.6 Å². The molecule has 0 fully saturated rings. The summed E-state index contributed by atoms with van der Waals surface area (Å²) in [5.41, 5.74) is 4.32. The van der Waals surface area contributed by atoms with Crippen molar-refractivity contribution in [1.82, 2.24) is 18.2 Å². The average molecular weight is 371 g/mol. The normalized spacial score (nSPS) is 11.3. The number of halogens is 1. The van der Waals surface area contributed by atoms with Gasteiger partial charge in [-0.25, -0.2) is 0 Å². The lowest BCUT2D eigenvalue weighted by Crippen LogP contribution is -2.27. The molecule has 0 atom stereocenters. The van der Waals surface area contributed by atoms with Crippen LogP contribution in [-0.4, -0.2) is 31.2 Å². The van der Waals surface area contributed by atoms with Crippen molar-refractivity contribution in [3.05, 3.63) is 58.7 Å². The minimum atomic E-state index is -0.0498. The molecule has 7 heteroatoms. The summed E-state index contributed by atoms with van der Waals surface area (Å²) in [5, 5.41) is 1.54. The molecule has 0 saturated carbocycles. The molecule has 0 aliphatic heterocycles. The SMILES string of the molecule is CN(Cc1ccc2nsnc2c1)C(=O)c1cc2c(Cl)cccc2n1C. The third kappa shape index (κ3) is 2.77. The van der Waals surface area contributed by atoms with Gasteiger partial charge in [0.1, 0.15) is 16.7 Å². The van der Waals surface area contributed by atoms with Gasteiger partial charge in [-0.1, -0.05) is 23.7 Å². The Kier molecular flexibility index (Phi) is 3.94. The molecule has 126 valence electrons. The second kappa shape index (κ2) is 6.13. The first-order valence-electron chi connectivity index (χ1n) is 7.75. The minimum Gasteiger partial charge on any atom is -0.340 e. The van der Waals surface area contributed by atoms with Crippen LogP contribution in [0.5, 0.6) is 0 Å². The summed E-state index contributed by atoms with van der Waals surface area (Å²) in [6.07, 6.45) is 0. The molecule has 0 unspecified atom stereocenters. The predicted molar refractivity (Wildman–Crippen MR) is 101 cm³/mol. The standard InChI is InChI=1S/C18H15ClN4OS/c1-22(10-11-6-7-14-15(8-11)21-25-20-14)18(24)17-9-12-13(19)4-3-5-16(12)23(17)2/h3-9H,10H2,1-2H3. The molecule has 0 aliphatic carbocycles. The van der Waals surface area contributed by atoms with Crippen molar-refractivity contribution in [1.29, 1.82) is 0 Å². The average Bonchev–Trinajstić information content (AvgIpc) is 3.19. The van der Waals surface area contributed by atoms with Gasteiger partial charge in [-0.2, -0.15) is 8.75 Å². The summed E-state index contributed by atoms with van der Waals surface area (Å²) in [5.74, 6) is -0.0498. The van der Waals surface area contributed by atoms with Crippen LogP contribution in [0.2, 0.25) is 5.02 Å². The van der Waals surface area contributed by atoms with Crippen LogP contribution in [0.4, 0.5) is 0 Å². The maximum atomic E-state index is 12.9. The number of aromatic nitrogens is 3. The topological polar surface area (TPSA) is 51.0 Å². The lowest BCUT2D eigenvalue weighted by atomic mass is 10.2. The summed E-state index contributed by atoms with van der Waals surface area (Å²) in [7, 11) is 3.68. The Morgan fingerprint density at radius 2 is 2.00 bits per heavy atom. The molecule has 2 aromatic heterocycles. The molecule has 2 aromatic carbocycles. The van der Waals surface area contributed by atoms with E-state index in [2.05, 4.69) is 8.75 Å². The van der Waals surface area contributed by atoms with Gasteiger partial charge in [0.25, 0.3) is 5.91 Å². The first-order chi connectivity index (χ1) is 12.0. The third-order valence-electron chi connectivity index (χ3n) is 4.34. The number of amides is 1. The number of hydrogen-bond acceptors (Lipinski definition) is 4. The highest BCUT2D eigenvalue weighted by atomic mass is 35.5. The van der Waals surface area contributed by atoms with Gasteiger partial charge < -0.3 is 9.47 Å². The Morgan fingerprint density at radius 3 is 2.80 bits per heavy atom. The van der Waals surface area contributed by atoms with Gasteiger partial charge in [0.05, 0.1) is 11.7 Å². The van der Waals surface area contributed by atoms with Crippen molar-refractivity contribution in [2.75, 3.05) is 7.05 Å². The van der Waals surface area contributed by atoms with E-state index in [1.807, 2.05) is 54.1 Å². The molecule has 4 aromatic rings. The van der Waals surface area contributed by atoms with E-state index in [-0.39, 0.29) is 5.91 Å². The third-order valence-corrected chi connectivity index (χ3v) is 5.22. The fourth-order valence-electron chi connectivity index (χ4n) is 3.00. The molecule has 0 N–H and O–H groups in total. The molecule has 0 spiro atoms. The highest BCUT2D eigenvalue weighted by Gasteiger charge is 2.18. The van der Waals surface area contributed by atoms with Crippen molar-refractivity contribution < 1.29 is 4.79 Å². The van der Waals surface area contributed by atoms with E-state index in [1.165, 1.54) is 11.7 Å². The number of carbonyl (C=O) groups excluding carboxylic acids is 1. The zero-order chi connectivity index (χ0) is 17.6. The first-order valence-corrected chi connectivity index (χ1v) is 8.86. The second-order valence-corrected chi connectivity index (χ2v) is 6.95. The van der Waals surface area contributed by atoms with Crippen LogP contribution in [0.25, 0.3) is 21.9 Å². The molecule has 0 bridgehead atoms. The molecule has 25 heavy (non-hydrogen) atoms. The van der Waals surface area contributed by atoms with Crippen molar-refractivity contribution in [3.8, 4) is 0 Å². The summed E-state index contributed by atoms with van der Waals surface area (Å²) >= 11 is 7.44. The molecule has 5 nitrogen and oxygen atoms in total. The van der Waals surface area contributed by atoms with Gasteiger partial charge in [-0.05, 0) is 35.9 Å². The van der Waals surface area contributed by atoms with E-state index in [0.29, 0.717) is 17.3 Å². The minimum absolute atomic E-state index is 0.0498. The molecular formula is C18H15ClN4OS. The van der Waals surface area contributed by atoms with Crippen LogP contribution >= 0.6 is 23.3 Å². The highest BCUT2D eigenvalue weighted by Crippen LogP contribution is 2.27. The van der Waals surface area contributed by atoms with Crippen LogP contribution in [0.3, 0.4) is 0 Å². The summed E-state index contributed by atoms with van der Waals surface area (Å²) in [6, 6.07) is 13.4. The first kappa shape index (κ1) is 16.1. The van der Waals surface area contributed by atoms with Gasteiger partial charge in [0, 0.05) is 36.6 Å². The fourth-order valence-corrected chi connectivity index (χ4v) is 3.74. The lowest BCUT2D eigenvalue weighted by Gasteiger charge is -2.17. The van der Waals surface area contributed by atoms with Crippen LogP contribution in [0.15, 0.2) is 42.5 Å². The lowest BCUT2D eigenvalue weighted by molar-refractivity contribution is 0.0776. The smallest absolute Gasteiger partial charge is 0.270 e. The molecule has 2 heterocycles. The number of fused-ring (bicyclic) bond motifs is 2. The highest BCUT2D eigenvalue weighted by molar-refractivity contribution is 7.00. The summed E-state index contributed by atoms with van der Waals surface area (Å²) in [6.45, 7) is 0.502. The number of rotatable bonds is 3. The number of carbonyl (C=O) groups is 1. The van der Waals surface area contributed by atoms with Crippen LogP contribution < -0.4 is 0 Å². The monoisotopic (exact) mass is 370 g/mol. The Bertz CT molecular complexity index is 1100. The Hall–Kier alpha value is -2.44. The van der Waals surface area contributed by atoms with Crippen molar-refractivity contribution >= 4 is 51.2 Å². The Balaban J connectivity index is 1.63. The van der Waals surface area contributed by atoms with E-state index in [4.69, 9.17) is 11.6 Å². The van der Waals surface area contributed by atoms with Crippen molar-refractivity contribution in [2.45, 2.75) is 6.54 Å². The zero-order valence-electron chi connectivity index (χ0n) is 13.7. The Morgan fingerprint density at radius 1 is 1.20 bits per heavy atom. The Labute approximate surface area is 153 Å². The van der Waals surface area contributed by atoms with Gasteiger partial charge >= 0.3 is 0 Å². The molecule has 0 saturated heterocycles. The molecular weight excluding hydrogens is 356 g/mol. The number of aryl methyl sites for hydroxylation is 1. The van der Waals surface area contributed by atoms with Gasteiger partial charge in [0.2, 0.25) is 0 Å². The van der Waals surface area contributed by atoms with Crippen LogP contribution in [0.1, 0.15) is 16.1 Å². The largest absolute Gasteiger partial charge is 0.340 e. The number of nitrogens with zero attached hydrogens (tertiary/aromatic N) is 4. The van der Waals surface area contributed by atoms with Gasteiger partial charge in [0.15, 0.2) is 0 Å². The molecule has 4 rings (SSSR count). The van der Waals surface area contributed by atoms with Crippen molar-refractivity contribution in [2.24, 2.45) is 7.05 Å². The quantitative estimate of drug-likeness (QED) is 0.545. The van der Waals surface area contributed by atoms with E-state index in [0.717, 1.165) is 27.5 Å². The summed E-state index contributed by atoms with van der Waals surface area (Å²) in [4.78, 5) is 14.6. The van der Waals surface area contributed by atoms with E-state index >= 15 is 0 Å². The molecule has 1 amide bonds. The van der Waals surface area contributed by atoms with E-state index < -0.39 is 0 Å². The second-order valence-electron chi connectivity index (χ2n) is 6.01. The fraction of sp³-hybridized carbons (Fsp3) is 0.167. The predicted octanol–water partition coefficient (Wildman–Crippen LogP) is 4.11. The molecule has 0 aliphatic rings. The van der Waals surface area contributed by atoms with E-state index in [9.17, 15) is 4.79 Å². The summed E-state index contributed by atoms with van der Waals surface area (Å²) < 4.78 is 10.3. The van der Waals surface area contributed by atoms with Crippen LogP contribution in [0, 0.1) is 0 Å². The van der Waals surface area contributed by atoms with Crippen molar-refractivity contribution in [3.63, 3.8) is 0 Å². The van der Waals surface area contributed by atoms with Gasteiger partial charge in [-0.3, -0.25) is 4.79 Å². The maximum absolute atomic E-state index is 12.9. The van der Waals surface area contributed by atoms with Gasteiger partial charge in [-0.15, -0.1) is 0 Å². The maximum Gasteiger partial charge on any atom is 0.270 e.